The highest BCUT2D eigenvalue weighted by molar-refractivity contribution is 6.36. The van der Waals surface area contributed by atoms with Crippen molar-refractivity contribution in [2.24, 2.45) is 0 Å². The average molecular weight is 331 g/mol. The molecule has 1 aromatic rings. The SMILES string of the molecule is CN(CC(=O)Nc1ncc(Cl)cc1Cl)CC1CCCCN1. The largest absolute Gasteiger partial charge is 0.313 e. The van der Waals surface area contributed by atoms with Gasteiger partial charge < -0.3 is 10.6 Å². The van der Waals surface area contributed by atoms with Crippen molar-refractivity contribution in [2.45, 2.75) is 25.3 Å². The van der Waals surface area contributed by atoms with Crippen molar-refractivity contribution in [3.63, 3.8) is 0 Å². The predicted molar refractivity (Wildman–Crippen MR) is 86.0 cm³/mol. The molecule has 2 heterocycles. The third kappa shape index (κ3) is 5.43. The van der Waals surface area contributed by atoms with Crippen LogP contribution in [0.5, 0.6) is 0 Å². The van der Waals surface area contributed by atoms with Gasteiger partial charge in [0.1, 0.15) is 0 Å². The molecular formula is C14H20Cl2N4O. The maximum atomic E-state index is 12.0. The standard InChI is InChI=1S/C14H20Cl2N4O/c1-20(8-11-4-2-3-5-17-11)9-13(21)19-14-12(16)6-10(15)7-18-14/h6-7,11,17H,2-5,8-9H2,1H3,(H,18,19,21). The number of carbonyl (C=O) groups is 1. The Morgan fingerprint density at radius 2 is 2.33 bits per heavy atom. The molecule has 1 amide bonds. The number of anilines is 1. The first-order valence-corrected chi connectivity index (χ1v) is 7.83. The van der Waals surface area contributed by atoms with Gasteiger partial charge in [0.25, 0.3) is 0 Å². The minimum Gasteiger partial charge on any atom is -0.313 e. The van der Waals surface area contributed by atoms with E-state index in [-0.39, 0.29) is 5.91 Å². The van der Waals surface area contributed by atoms with Crippen LogP contribution in [0.25, 0.3) is 0 Å². The number of rotatable bonds is 5. The number of hydrogen-bond donors (Lipinski definition) is 2. The van der Waals surface area contributed by atoms with Crippen LogP contribution in [0.2, 0.25) is 10.0 Å². The van der Waals surface area contributed by atoms with Gasteiger partial charge in [0.15, 0.2) is 5.82 Å². The lowest BCUT2D eigenvalue weighted by molar-refractivity contribution is -0.117. The normalized spacial score (nSPS) is 18.8. The monoisotopic (exact) mass is 330 g/mol. The Kier molecular flexibility index (Phi) is 6.23. The summed E-state index contributed by atoms with van der Waals surface area (Å²) in [6, 6.07) is 2.02. The van der Waals surface area contributed by atoms with E-state index in [1.54, 1.807) is 6.07 Å². The third-order valence-corrected chi connectivity index (χ3v) is 3.92. The second kappa shape index (κ2) is 7.94. The van der Waals surface area contributed by atoms with E-state index in [0.717, 1.165) is 19.5 Å². The van der Waals surface area contributed by atoms with Gasteiger partial charge in [0.2, 0.25) is 5.91 Å². The Hall–Kier alpha value is -0.880. The lowest BCUT2D eigenvalue weighted by atomic mass is 10.0. The number of nitrogens with zero attached hydrogens (tertiary/aromatic N) is 2. The van der Waals surface area contributed by atoms with E-state index in [1.807, 2.05) is 11.9 Å². The number of halogens is 2. The topological polar surface area (TPSA) is 57.3 Å². The smallest absolute Gasteiger partial charge is 0.239 e. The molecule has 1 fully saturated rings. The molecule has 1 aliphatic heterocycles. The van der Waals surface area contributed by atoms with Crippen molar-refractivity contribution in [3.8, 4) is 0 Å². The van der Waals surface area contributed by atoms with Crippen LogP contribution in [0.4, 0.5) is 5.82 Å². The Balaban J connectivity index is 1.80. The summed E-state index contributed by atoms with van der Waals surface area (Å²) in [7, 11) is 1.94. The molecular weight excluding hydrogens is 311 g/mol. The van der Waals surface area contributed by atoms with Crippen molar-refractivity contribution in [1.29, 1.82) is 0 Å². The number of likely N-dealkylation sites (N-methyl/N-ethyl adjacent to an activating group) is 1. The average Bonchev–Trinajstić information content (AvgIpc) is 2.43. The fourth-order valence-electron chi connectivity index (χ4n) is 2.44. The van der Waals surface area contributed by atoms with E-state index in [0.29, 0.717) is 28.4 Å². The zero-order valence-corrected chi connectivity index (χ0v) is 13.5. The van der Waals surface area contributed by atoms with Crippen molar-refractivity contribution in [1.82, 2.24) is 15.2 Å². The maximum Gasteiger partial charge on any atom is 0.239 e. The molecule has 0 aliphatic carbocycles. The molecule has 116 valence electrons. The predicted octanol–water partition coefficient (Wildman–Crippen LogP) is 2.40. The first-order chi connectivity index (χ1) is 10.0. The number of hydrogen-bond acceptors (Lipinski definition) is 4. The first kappa shape index (κ1) is 16.5. The summed E-state index contributed by atoms with van der Waals surface area (Å²) in [5.74, 6) is 0.209. The van der Waals surface area contributed by atoms with Gasteiger partial charge >= 0.3 is 0 Å². The lowest BCUT2D eigenvalue weighted by Crippen LogP contribution is -2.44. The van der Waals surface area contributed by atoms with Crippen LogP contribution in [0, 0.1) is 0 Å². The molecule has 1 atom stereocenters. The van der Waals surface area contributed by atoms with E-state index >= 15 is 0 Å². The Morgan fingerprint density at radius 1 is 1.52 bits per heavy atom. The van der Waals surface area contributed by atoms with E-state index in [2.05, 4.69) is 15.6 Å². The van der Waals surface area contributed by atoms with Crippen molar-refractivity contribution < 1.29 is 4.79 Å². The number of nitrogens with one attached hydrogen (secondary N) is 2. The zero-order chi connectivity index (χ0) is 15.2. The van der Waals surface area contributed by atoms with Gasteiger partial charge in [0, 0.05) is 18.8 Å². The van der Waals surface area contributed by atoms with Gasteiger partial charge in [0.05, 0.1) is 16.6 Å². The minimum atomic E-state index is -0.134. The van der Waals surface area contributed by atoms with Crippen LogP contribution in [0.15, 0.2) is 12.3 Å². The molecule has 1 unspecified atom stereocenters. The highest BCUT2D eigenvalue weighted by Crippen LogP contribution is 2.22. The fourth-order valence-corrected chi connectivity index (χ4v) is 2.87. The number of pyridine rings is 1. The molecule has 1 aliphatic rings. The number of aromatic nitrogens is 1. The molecule has 0 bridgehead atoms. The Labute approximate surface area is 135 Å². The van der Waals surface area contributed by atoms with Crippen LogP contribution in [-0.2, 0) is 4.79 Å². The fraction of sp³-hybridized carbons (Fsp3) is 0.571. The van der Waals surface area contributed by atoms with Gasteiger partial charge in [-0.1, -0.05) is 29.6 Å². The number of carbonyl (C=O) groups excluding carboxylic acids is 1. The molecule has 0 spiro atoms. The molecule has 0 saturated carbocycles. The van der Waals surface area contributed by atoms with Gasteiger partial charge in [-0.2, -0.15) is 0 Å². The van der Waals surface area contributed by atoms with E-state index in [1.165, 1.54) is 19.0 Å². The molecule has 1 saturated heterocycles. The van der Waals surface area contributed by atoms with Crippen molar-refractivity contribution >= 4 is 34.9 Å². The van der Waals surface area contributed by atoms with Gasteiger partial charge in [-0.3, -0.25) is 9.69 Å². The summed E-state index contributed by atoms with van der Waals surface area (Å²) in [5.41, 5.74) is 0. The summed E-state index contributed by atoms with van der Waals surface area (Å²) in [6.45, 7) is 2.23. The highest BCUT2D eigenvalue weighted by atomic mass is 35.5. The molecule has 1 aromatic heterocycles. The quantitative estimate of drug-likeness (QED) is 0.870. The van der Waals surface area contributed by atoms with E-state index in [4.69, 9.17) is 23.2 Å². The molecule has 21 heavy (non-hydrogen) atoms. The zero-order valence-electron chi connectivity index (χ0n) is 12.0. The van der Waals surface area contributed by atoms with Crippen molar-refractivity contribution in [3.05, 3.63) is 22.3 Å². The molecule has 0 aromatic carbocycles. The second-order valence-corrected chi connectivity index (χ2v) is 6.22. The summed E-state index contributed by atoms with van der Waals surface area (Å²) in [6.07, 6.45) is 5.11. The molecule has 7 heteroatoms. The summed E-state index contributed by atoms with van der Waals surface area (Å²) in [4.78, 5) is 18.0. The maximum absolute atomic E-state index is 12.0. The Bertz CT molecular complexity index is 492. The van der Waals surface area contributed by atoms with Crippen LogP contribution in [-0.4, -0.2) is 48.5 Å². The van der Waals surface area contributed by atoms with Crippen LogP contribution in [0.1, 0.15) is 19.3 Å². The van der Waals surface area contributed by atoms with Crippen LogP contribution < -0.4 is 10.6 Å². The highest BCUT2D eigenvalue weighted by Gasteiger charge is 2.16. The molecule has 0 radical (unpaired) electrons. The summed E-state index contributed by atoms with van der Waals surface area (Å²) < 4.78 is 0. The van der Waals surface area contributed by atoms with E-state index in [9.17, 15) is 4.79 Å². The third-order valence-electron chi connectivity index (χ3n) is 3.42. The summed E-state index contributed by atoms with van der Waals surface area (Å²) in [5, 5.41) is 6.95. The van der Waals surface area contributed by atoms with Gasteiger partial charge in [-0.05, 0) is 32.5 Å². The van der Waals surface area contributed by atoms with Gasteiger partial charge in [-0.25, -0.2) is 4.98 Å². The minimum absolute atomic E-state index is 0.134. The number of amides is 1. The van der Waals surface area contributed by atoms with Gasteiger partial charge in [-0.15, -0.1) is 0 Å². The molecule has 2 N–H and O–H groups in total. The first-order valence-electron chi connectivity index (χ1n) is 7.07. The van der Waals surface area contributed by atoms with E-state index < -0.39 is 0 Å². The molecule has 2 rings (SSSR count). The van der Waals surface area contributed by atoms with Crippen molar-refractivity contribution in [2.75, 3.05) is 32.0 Å². The number of piperidine rings is 1. The molecule has 5 nitrogen and oxygen atoms in total. The van der Waals surface area contributed by atoms with Crippen LogP contribution >= 0.6 is 23.2 Å². The van der Waals surface area contributed by atoms with Crippen LogP contribution in [0.3, 0.4) is 0 Å². The Morgan fingerprint density at radius 3 is 3.00 bits per heavy atom. The lowest BCUT2D eigenvalue weighted by Gasteiger charge is -2.27. The summed E-state index contributed by atoms with van der Waals surface area (Å²) >= 11 is 11.8. The second-order valence-electron chi connectivity index (χ2n) is 5.38.